The van der Waals surface area contributed by atoms with Crippen molar-refractivity contribution in [2.75, 3.05) is 37.6 Å². The minimum absolute atomic E-state index is 0.0189. The van der Waals surface area contributed by atoms with Crippen LogP contribution in [0.4, 0.5) is 5.69 Å². The molecule has 1 atom stereocenters. The highest BCUT2D eigenvalue weighted by atomic mass is 16.4. The van der Waals surface area contributed by atoms with E-state index in [-0.39, 0.29) is 29.8 Å². The number of amides is 2. The van der Waals surface area contributed by atoms with Gasteiger partial charge in [0, 0.05) is 0 Å². The fraction of sp³-hybridized carbons (Fsp3) is 0.292. The molecule has 2 N–H and O–H groups in total. The standard InChI is InChI=1S/C24H25N3O4/c28-22-17-21(23(29)27(22)20-10-8-19(9-11-20)24(30)31)26-15-13-25(14-16-26)12-4-7-18-5-2-1-3-6-18/h1-11,21H,12-17H2,(H,30,31)/p+1/b7-4-/t21-/m1/s1. The van der Waals surface area contributed by atoms with Crippen molar-refractivity contribution in [3.63, 3.8) is 0 Å². The van der Waals surface area contributed by atoms with Crippen LogP contribution in [0.15, 0.2) is 60.7 Å². The predicted octanol–water partition coefficient (Wildman–Crippen LogP) is -1.82. The summed E-state index contributed by atoms with van der Waals surface area (Å²) in [6.45, 7) is 4.53. The van der Waals surface area contributed by atoms with E-state index in [4.69, 9.17) is 0 Å². The number of hydrogen-bond acceptors (Lipinski definition) is 4. The molecule has 4 rings (SSSR count). The Morgan fingerprint density at radius 2 is 1.68 bits per heavy atom. The third-order valence-corrected chi connectivity index (χ3v) is 6.12. The molecule has 2 heterocycles. The number of carbonyl (C=O) groups excluding carboxylic acids is 3. The highest BCUT2D eigenvalue weighted by Crippen LogP contribution is 2.22. The number of carbonyl (C=O) groups is 3. The number of quaternary nitrogens is 2. The number of nitrogens with zero attached hydrogens (tertiary/aromatic N) is 1. The summed E-state index contributed by atoms with van der Waals surface area (Å²) in [5.74, 6) is -1.72. The van der Waals surface area contributed by atoms with Gasteiger partial charge in [-0.15, -0.1) is 0 Å². The van der Waals surface area contributed by atoms with Crippen LogP contribution in [0.25, 0.3) is 6.08 Å². The Bertz CT molecular complexity index is 980. The summed E-state index contributed by atoms with van der Waals surface area (Å²) in [7, 11) is 0. The summed E-state index contributed by atoms with van der Waals surface area (Å²) in [4.78, 5) is 40.3. The zero-order chi connectivity index (χ0) is 21.8. The number of aromatic carboxylic acids is 1. The SMILES string of the molecule is O=C([O-])c1ccc(N2C(=O)C[C@@H]([NH+]3CC[NH+](C/C=C\c4ccccc4)CC3)C2=O)cc1. The van der Waals surface area contributed by atoms with E-state index in [1.807, 2.05) is 18.2 Å². The third-order valence-electron chi connectivity index (χ3n) is 6.12. The first kappa shape index (κ1) is 21.0. The lowest BCUT2D eigenvalue weighted by Crippen LogP contribution is -3.30. The number of hydrogen-bond donors (Lipinski definition) is 2. The van der Waals surface area contributed by atoms with Crippen molar-refractivity contribution in [3.8, 4) is 0 Å². The summed E-state index contributed by atoms with van der Waals surface area (Å²) in [5, 5.41) is 10.9. The molecule has 2 amide bonds. The summed E-state index contributed by atoms with van der Waals surface area (Å²) >= 11 is 0. The zero-order valence-corrected chi connectivity index (χ0v) is 17.3. The van der Waals surface area contributed by atoms with Gasteiger partial charge in [0.1, 0.15) is 26.2 Å². The Balaban J connectivity index is 1.32. The summed E-state index contributed by atoms with van der Waals surface area (Å²) in [6.07, 6.45) is 4.52. The topological polar surface area (TPSA) is 86.4 Å². The number of piperazine rings is 1. The van der Waals surface area contributed by atoms with Gasteiger partial charge in [-0.1, -0.05) is 48.5 Å². The molecule has 0 spiro atoms. The number of rotatable bonds is 6. The second-order valence-electron chi connectivity index (χ2n) is 8.08. The second kappa shape index (κ2) is 9.24. The van der Waals surface area contributed by atoms with Crippen molar-refractivity contribution in [1.82, 2.24) is 0 Å². The summed E-state index contributed by atoms with van der Waals surface area (Å²) in [6, 6.07) is 15.5. The van der Waals surface area contributed by atoms with Gasteiger partial charge in [0.25, 0.3) is 5.91 Å². The van der Waals surface area contributed by atoms with Gasteiger partial charge in [-0.2, -0.15) is 0 Å². The van der Waals surface area contributed by atoms with Gasteiger partial charge in [0.05, 0.1) is 24.6 Å². The molecular formula is C24H26N3O4+. The van der Waals surface area contributed by atoms with E-state index >= 15 is 0 Å². The maximum atomic E-state index is 13.0. The predicted molar refractivity (Wildman–Crippen MR) is 113 cm³/mol. The van der Waals surface area contributed by atoms with Crippen molar-refractivity contribution in [2.45, 2.75) is 12.5 Å². The van der Waals surface area contributed by atoms with Gasteiger partial charge in [0.15, 0.2) is 6.04 Å². The summed E-state index contributed by atoms with van der Waals surface area (Å²) < 4.78 is 0. The lowest BCUT2D eigenvalue weighted by molar-refractivity contribution is -1.02. The van der Waals surface area contributed by atoms with Crippen LogP contribution in [0.1, 0.15) is 22.3 Å². The number of anilines is 1. The normalized spacial score (nSPS) is 24.1. The number of carboxylic acids is 1. The van der Waals surface area contributed by atoms with E-state index in [1.165, 1.54) is 39.6 Å². The highest BCUT2D eigenvalue weighted by molar-refractivity contribution is 6.21. The van der Waals surface area contributed by atoms with Crippen LogP contribution in [0.2, 0.25) is 0 Å². The third kappa shape index (κ3) is 4.73. The molecule has 31 heavy (non-hydrogen) atoms. The Morgan fingerprint density at radius 1 is 1.00 bits per heavy atom. The van der Waals surface area contributed by atoms with Crippen molar-refractivity contribution in [1.29, 1.82) is 0 Å². The molecule has 2 fully saturated rings. The molecule has 2 aromatic rings. The van der Waals surface area contributed by atoms with Gasteiger partial charge in [-0.05, 0) is 29.3 Å². The highest BCUT2D eigenvalue weighted by Gasteiger charge is 2.46. The van der Waals surface area contributed by atoms with Gasteiger partial charge in [-0.3, -0.25) is 9.59 Å². The maximum absolute atomic E-state index is 13.0. The van der Waals surface area contributed by atoms with Gasteiger partial charge in [-0.25, -0.2) is 4.90 Å². The monoisotopic (exact) mass is 420 g/mol. The largest absolute Gasteiger partial charge is 0.545 e. The molecule has 0 bridgehead atoms. The van der Waals surface area contributed by atoms with Crippen LogP contribution in [0, 0.1) is 0 Å². The van der Waals surface area contributed by atoms with Crippen LogP contribution in [0.3, 0.4) is 0 Å². The minimum atomic E-state index is -1.29. The van der Waals surface area contributed by atoms with Gasteiger partial charge >= 0.3 is 0 Å². The Hall–Kier alpha value is -3.29. The van der Waals surface area contributed by atoms with Crippen LogP contribution < -0.4 is 19.8 Å². The van der Waals surface area contributed by atoms with Crippen LogP contribution in [-0.4, -0.2) is 56.5 Å². The molecule has 2 aliphatic rings. The van der Waals surface area contributed by atoms with Crippen molar-refractivity contribution in [2.24, 2.45) is 0 Å². The fourth-order valence-electron chi connectivity index (χ4n) is 4.37. The van der Waals surface area contributed by atoms with E-state index in [0.717, 1.165) is 37.6 Å². The van der Waals surface area contributed by atoms with Crippen molar-refractivity contribution < 1.29 is 29.3 Å². The van der Waals surface area contributed by atoms with Crippen LogP contribution in [0.5, 0.6) is 0 Å². The van der Waals surface area contributed by atoms with Crippen molar-refractivity contribution in [3.05, 3.63) is 71.8 Å². The van der Waals surface area contributed by atoms with Gasteiger partial charge < -0.3 is 19.7 Å². The lowest BCUT2D eigenvalue weighted by Gasteiger charge is -2.31. The number of benzene rings is 2. The molecule has 2 saturated heterocycles. The first-order valence-corrected chi connectivity index (χ1v) is 10.6. The fourth-order valence-corrected chi connectivity index (χ4v) is 4.37. The van der Waals surface area contributed by atoms with Crippen molar-refractivity contribution >= 4 is 29.5 Å². The Morgan fingerprint density at radius 3 is 2.32 bits per heavy atom. The molecule has 0 radical (unpaired) electrons. The molecule has 0 saturated carbocycles. The average molecular weight is 420 g/mol. The quantitative estimate of drug-likeness (QED) is 0.539. The molecule has 7 heteroatoms. The molecule has 0 aliphatic carbocycles. The maximum Gasteiger partial charge on any atom is 0.292 e. The molecule has 160 valence electrons. The van der Waals surface area contributed by atoms with Crippen LogP contribution >= 0.6 is 0 Å². The first-order chi connectivity index (χ1) is 15.0. The smallest absolute Gasteiger partial charge is 0.292 e. The molecule has 0 aromatic heterocycles. The number of imide groups is 1. The van der Waals surface area contributed by atoms with E-state index in [9.17, 15) is 19.5 Å². The Labute approximate surface area is 181 Å². The first-order valence-electron chi connectivity index (χ1n) is 10.6. The average Bonchev–Trinajstić information content (AvgIpc) is 3.09. The molecular weight excluding hydrogens is 394 g/mol. The Kier molecular flexibility index (Phi) is 6.25. The van der Waals surface area contributed by atoms with Crippen LogP contribution in [-0.2, 0) is 9.59 Å². The molecule has 0 unspecified atom stereocenters. The molecule has 2 aromatic carbocycles. The van der Waals surface area contributed by atoms with E-state index in [1.54, 1.807) is 0 Å². The van der Waals surface area contributed by atoms with Gasteiger partial charge in [0.2, 0.25) is 5.91 Å². The lowest BCUT2D eigenvalue weighted by atomic mass is 10.1. The molecule has 2 aliphatic heterocycles. The van der Waals surface area contributed by atoms with E-state index in [0.29, 0.717) is 5.69 Å². The summed E-state index contributed by atoms with van der Waals surface area (Å²) in [5.41, 5.74) is 1.62. The molecule has 7 nitrogen and oxygen atoms in total. The zero-order valence-electron chi connectivity index (χ0n) is 17.3. The minimum Gasteiger partial charge on any atom is -0.545 e. The number of nitrogens with one attached hydrogen (secondary N) is 2. The number of carboxylic acid groups (broad SMARTS) is 1. The van der Waals surface area contributed by atoms with E-state index in [2.05, 4.69) is 24.3 Å². The second-order valence-corrected chi connectivity index (χ2v) is 8.08. The van der Waals surface area contributed by atoms with E-state index < -0.39 is 5.97 Å².